The van der Waals surface area contributed by atoms with Crippen molar-refractivity contribution in [3.8, 4) is 0 Å². The van der Waals surface area contributed by atoms with Crippen molar-refractivity contribution < 1.29 is 10.3 Å². The van der Waals surface area contributed by atoms with E-state index in [1.54, 1.807) is 0 Å². The Hall–Kier alpha value is -1.59. The van der Waals surface area contributed by atoms with Crippen LogP contribution in [-0.4, -0.2) is 39.2 Å². The Kier molecular flexibility index (Phi) is 3.63. The van der Waals surface area contributed by atoms with E-state index in [4.69, 9.17) is 10.9 Å². The van der Waals surface area contributed by atoms with E-state index in [0.29, 0.717) is 12.1 Å². The van der Waals surface area contributed by atoms with E-state index in [0.717, 1.165) is 24.9 Å². The summed E-state index contributed by atoms with van der Waals surface area (Å²) in [5.41, 5.74) is 7.55. The second-order valence-electron chi connectivity index (χ2n) is 5.87. The summed E-state index contributed by atoms with van der Waals surface area (Å²) in [7, 11) is 0. The first kappa shape index (κ1) is 13.4. The molecule has 2 fully saturated rings. The molecule has 3 rings (SSSR count). The average molecular weight is 275 g/mol. The van der Waals surface area contributed by atoms with E-state index in [9.17, 15) is 5.11 Å². The molecule has 0 aromatic heterocycles. The molecule has 2 unspecified atom stereocenters. The highest BCUT2D eigenvalue weighted by Gasteiger charge is 2.39. The highest BCUT2D eigenvalue weighted by molar-refractivity contribution is 5.97. The van der Waals surface area contributed by atoms with Gasteiger partial charge in [-0.3, -0.25) is 4.90 Å². The number of nitrogens with two attached hydrogens (primary N) is 1. The molecule has 4 N–H and O–H groups in total. The maximum absolute atomic E-state index is 9.84. The Balaban J connectivity index is 1.75. The first-order valence-electron chi connectivity index (χ1n) is 7.18. The molecule has 0 aliphatic carbocycles. The van der Waals surface area contributed by atoms with E-state index in [1.165, 1.54) is 18.4 Å². The average Bonchev–Trinajstić information content (AvgIpc) is 2.70. The quantitative estimate of drug-likeness (QED) is 0.336. The summed E-state index contributed by atoms with van der Waals surface area (Å²) in [6, 6.07) is 8.81. The number of rotatable bonds is 3. The molecule has 0 spiro atoms. The molecular formula is C15H21N3O2. The van der Waals surface area contributed by atoms with Gasteiger partial charge in [-0.25, -0.2) is 0 Å². The van der Waals surface area contributed by atoms with Crippen molar-refractivity contribution in [1.82, 2.24) is 4.90 Å². The van der Waals surface area contributed by atoms with Gasteiger partial charge >= 0.3 is 0 Å². The molecule has 2 aliphatic rings. The van der Waals surface area contributed by atoms with Gasteiger partial charge in [-0.1, -0.05) is 23.4 Å². The third-order valence-corrected chi connectivity index (χ3v) is 4.56. The van der Waals surface area contributed by atoms with Crippen LogP contribution >= 0.6 is 0 Å². The number of piperidine rings is 1. The number of benzene rings is 1. The van der Waals surface area contributed by atoms with Crippen molar-refractivity contribution in [3.05, 3.63) is 35.4 Å². The van der Waals surface area contributed by atoms with Gasteiger partial charge < -0.3 is 16.0 Å². The minimum absolute atomic E-state index is 0.132. The number of hydrogen-bond donors (Lipinski definition) is 3. The van der Waals surface area contributed by atoms with Crippen LogP contribution in [0.4, 0.5) is 0 Å². The molecule has 5 heteroatoms. The van der Waals surface area contributed by atoms with Crippen LogP contribution in [0.5, 0.6) is 0 Å². The van der Waals surface area contributed by atoms with Crippen LogP contribution < -0.4 is 5.73 Å². The SMILES string of the molecule is NC(=NO)c1cccc(CN2C3CCC2CC(O)C3)c1. The fourth-order valence-corrected chi connectivity index (χ4v) is 3.60. The largest absolute Gasteiger partial charge is 0.409 e. The summed E-state index contributed by atoms with van der Waals surface area (Å²) in [6.45, 7) is 0.870. The zero-order valence-electron chi connectivity index (χ0n) is 11.4. The van der Waals surface area contributed by atoms with Crippen molar-refractivity contribution in [1.29, 1.82) is 0 Å². The van der Waals surface area contributed by atoms with Crippen LogP contribution in [0.2, 0.25) is 0 Å². The van der Waals surface area contributed by atoms with Crippen LogP contribution in [0.15, 0.2) is 29.4 Å². The number of amidine groups is 1. The highest BCUT2D eigenvalue weighted by Crippen LogP contribution is 2.36. The Morgan fingerprint density at radius 1 is 1.30 bits per heavy atom. The fourth-order valence-electron chi connectivity index (χ4n) is 3.60. The second kappa shape index (κ2) is 5.42. The van der Waals surface area contributed by atoms with Crippen molar-refractivity contribution in [3.63, 3.8) is 0 Å². The van der Waals surface area contributed by atoms with E-state index in [1.807, 2.05) is 18.2 Å². The molecule has 5 nitrogen and oxygen atoms in total. The number of aliphatic hydroxyl groups excluding tert-OH is 1. The van der Waals surface area contributed by atoms with Gasteiger partial charge in [0.05, 0.1) is 6.10 Å². The Morgan fingerprint density at radius 2 is 2.00 bits per heavy atom. The minimum atomic E-state index is -0.132. The van der Waals surface area contributed by atoms with Gasteiger partial charge in [0.1, 0.15) is 0 Å². The molecule has 2 heterocycles. The summed E-state index contributed by atoms with van der Waals surface area (Å²) >= 11 is 0. The normalized spacial score (nSPS) is 30.6. The van der Waals surface area contributed by atoms with Crippen molar-refractivity contribution in [2.24, 2.45) is 10.9 Å². The van der Waals surface area contributed by atoms with E-state index >= 15 is 0 Å². The topological polar surface area (TPSA) is 82.1 Å². The predicted octanol–water partition coefficient (Wildman–Crippen LogP) is 1.27. The lowest BCUT2D eigenvalue weighted by molar-refractivity contribution is 0.0310. The van der Waals surface area contributed by atoms with E-state index < -0.39 is 0 Å². The van der Waals surface area contributed by atoms with Gasteiger partial charge in [0.2, 0.25) is 0 Å². The maximum atomic E-state index is 9.84. The molecule has 0 radical (unpaired) electrons. The number of aliphatic hydroxyl groups is 1. The first-order valence-corrected chi connectivity index (χ1v) is 7.18. The molecule has 0 saturated carbocycles. The molecular weight excluding hydrogens is 254 g/mol. The number of nitrogens with zero attached hydrogens (tertiary/aromatic N) is 2. The number of fused-ring (bicyclic) bond motifs is 2. The Bertz CT molecular complexity index is 504. The molecule has 0 amide bonds. The van der Waals surface area contributed by atoms with Gasteiger partial charge in [-0.2, -0.15) is 0 Å². The van der Waals surface area contributed by atoms with Crippen LogP contribution in [-0.2, 0) is 6.54 Å². The fraction of sp³-hybridized carbons (Fsp3) is 0.533. The molecule has 2 saturated heterocycles. The molecule has 108 valence electrons. The molecule has 20 heavy (non-hydrogen) atoms. The zero-order chi connectivity index (χ0) is 14.1. The Morgan fingerprint density at radius 3 is 2.65 bits per heavy atom. The monoisotopic (exact) mass is 275 g/mol. The molecule has 2 aliphatic heterocycles. The van der Waals surface area contributed by atoms with Crippen molar-refractivity contribution in [2.45, 2.75) is 50.4 Å². The van der Waals surface area contributed by atoms with Gasteiger partial charge in [0, 0.05) is 24.2 Å². The second-order valence-corrected chi connectivity index (χ2v) is 5.87. The van der Waals surface area contributed by atoms with Crippen molar-refractivity contribution in [2.75, 3.05) is 0 Å². The minimum Gasteiger partial charge on any atom is -0.409 e. The zero-order valence-corrected chi connectivity index (χ0v) is 11.4. The smallest absolute Gasteiger partial charge is 0.170 e. The summed E-state index contributed by atoms with van der Waals surface area (Å²) in [6.07, 6.45) is 4.00. The van der Waals surface area contributed by atoms with E-state index in [-0.39, 0.29) is 11.9 Å². The third-order valence-electron chi connectivity index (χ3n) is 4.56. The van der Waals surface area contributed by atoms with Gasteiger partial charge in [-0.05, 0) is 37.3 Å². The predicted molar refractivity (Wildman–Crippen MR) is 76.5 cm³/mol. The maximum Gasteiger partial charge on any atom is 0.170 e. The van der Waals surface area contributed by atoms with Crippen LogP contribution in [0.1, 0.15) is 36.8 Å². The lowest BCUT2D eigenvalue weighted by Gasteiger charge is -2.37. The number of oxime groups is 1. The number of hydrogen-bond acceptors (Lipinski definition) is 4. The Labute approximate surface area is 118 Å². The van der Waals surface area contributed by atoms with Gasteiger partial charge in [0.25, 0.3) is 0 Å². The molecule has 1 aromatic rings. The first-order chi connectivity index (χ1) is 9.67. The molecule has 1 aromatic carbocycles. The standard InChI is InChI=1S/C15H21N3O2/c16-15(17-20)11-3-1-2-10(6-11)9-18-12-4-5-13(18)8-14(19)7-12/h1-3,6,12-14,19-20H,4-5,7-9H2,(H2,16,17). The highest BCUT2D eigenvalue weighted by atomic mass is 16.4. The lowest BCUT2D eigenvalue weighted by atomic mass is 9.98. The summed E-state index contributed by atoms with van der Waals surface area (Å²) in [5, 5.41) is 21.6. The van der Waals surface area contributed by atoms with Crippen LogP contribution in [0.3, 0.4) is 0 Å². The van der Waals surface area contributed by atoms with E-state index in [2.05, 4.69) is 16.1 Å². The van der Waals surface area contributed by atoms with Crippen LogP contribution in [0, 0.1) is 0 Å². The third kappa shape index (κ3) is 2.51. The van der Waals surface area contributed by atoms with Crippen LogP contribution in [0.25, 0.3) is 0 Å². The molecule has 2 bridgehead atoms. The molecule has 2 atom stereocenters. The summed E-state index contributed by atoms with van der Waals surface area (Å²) in [4.78, 5) is 2.50. The summed E-state index contributed by atoms with van der Waals surface area (Å²) < 4.78 is 0. The summed E-state index contributed by atoms with van der Waals surface area (Å²) in [5.74, 6) is 0.142. The van der Waals surface area contributed by atoms with Crippen molar-refractivity contribution >= 4 is 5.84 Å². The lowest BCUT2D eigenvalue weighted by Crippen LogP contribution is -2.44. The van der Waals surface area contributed by atoms with Gasteiger partial charge in [0.15, 0.2) is 5.84 Å². The van der Waals surface area contributed by atoms with Gasteiger partial charge in [-0.15, -0.1) is 0 Å².